The van der Waals surface area contributed by atoms with E-state index < -0.39 is 113 Å². The number of nitrogens with one attached hydrogen (secondary N) is 4. The third-order valence-corrected chi connectivity index (χ3v) is 29.9. The topological polar surface area (TPSA) is 453 Å². The maximum Gasteiger partial charge on any atom is 0.409 e. The minimum atomic E-state index is -4.72. The van der Waals surface area contributed by atoms with Gasteiger partial charge in [-0.3, -0.25) is 19.2 Å². The highest BCUT2D eigenvalue weighted by molar-refractivity contribution is 7.90. The Kier molecular flexibility index (Phi) is 32.9. The molecule has 6 aliphatic rings. The second-order valence-corrected chi connectivity index (χ2v) is 46.0. The minimum absolute atomic E-state index is 0.0866. The molecule has 6 saturated heterocycles. The Labute approximate surface area is 831 Å². The maximum atomic E-state index is 14.5. The quantitative estimate of drug-likeness (QED) is 0.0336. The van der Waals surface area contributed by atoms with Gasteiger partial charge in [0.1, 0.15) is 53.0 Å². The Morgan fingerprint density at radius 1 is 0.483 bits per heavy atom. The number of aliphatic hydroxyl groups is 1. The van der Waals surface area contributed by atoms with Crippen LogP contribution in [0.5, 0.6) is 23.3 Å². The van der Waals surface area contributed by atoms with Crippen LogP contribution in [0.3, 0.4) is 0 Å². The van der Waals surface area contributed by atoms with E-state index in [4.69, 9.17) is 28.3 Å². The number of furan rings is 1. The summed E-state index contributed by atoms with van der Waals surface area (Å²) in [4.78, 5) is 106. The summed E-state index contributed by atoms with van der Waals surface area (Å²) in [6.07, 6.45) is 8.60. The Bertz CT molecular complexity index is 6750. The van der Waals surface area contributed by atoms with E-state index in [0.29, 0.717) is 107 Å². The van der Waals surface area contributed by atoms with Crippen LogP contribution in [0.4, 0.5) is 47.1 Å². The van der Waals surface area contributed by atoms with Gasteiger partial charge in [0.15, 0.2) is 15.1 Å². The number of nitrogens with zero attached hydrogens (tertiary/aromatic N) is 14. The summed E-state index contributed by atoms with van der Waals surface area (Å²) in [7, 11) is -16.1. The summed E-state index contributed by atoms with van der Waals surface area (Å²) in [5, 5.41) is 8.89. The van der Waals surface area contributed by atoms with Gasteiger partial charge in [-0.1, -0.05) is 77.9 Å². The molecule has 10 aromatic rings. The number of carbonyl (C=O) groups is 5. The molecule has 16 rings (SSSR count). The molecule has 0 aliphatic carbocycles. The molecular weight excluding hydrogens is 1930 g/mol. The summed E-state index contributed by atoms with van der Waals surface area (Å²) in [5.41, 5.74) is 0.936. The van der Waals surface area contributed by atoms with Crippen LogP contribution in [0.2, 0.25) is 0 Å². The van der Waals surface area contributed by atoms with Crippen LogP contribution in [-0.4, -0.2) is 226 Å². The Morgan fingerprint density at radius 3 is 1.38 bits per heavy atom. The second-order valence-electron chi connectivity index (χ2n) is 39.5. The minimum Gasteiger partial charge on any atom is -0.493 e. The fourth-order valence-corrected chi connectivity index (χ4v) is 22.7. The molecule has 44 heteroatoms. The van der Waals surface area contributed by atoms with Crippen molar-refractivity contribution in [2.24, 2.45) is 29.6 Å². The number of benzene rings is 2. The lowest BCUT2D eigenvalue weighted by Crippen LogP contribution is -2.55. The zero-order valence-corrected chi connectivity index (χ0v) is 85.5. The summed E-state index contributed by atoms with van der Waals surface area (Å²) in [5.74, 6) is -2.51. The van der Waals surface area contributed by atoms with E-state index in [0.717, 1.165) is 50.9 Å². The Hall–Kier alpha value is -13.2. The fraction of sp³-hybridized carbons (Fsp3) is 0.434. The first-order valence-corrected chi connectivity index (χ1v) is 52.5. The van der Waals surface area contributed by atoms with Crippen molar-refractivity contribution < 1.29 is 99.3 Å². The van der Waals surface area contributed by atoms with Crippen molar-refractivity contribution in [2.45, 2.75) is 185 Å². The number of ether oxygens (including phenoxy) is 4. The van der Waals surface area contributed by atoms with Crippen molar-refractivity contribution in [3.05, 3.63) is 222 Å². The van der Waals surface area contributed by atoms with Gasteiger partial charge >= 0.3 is 16.3 Å². The molecule has 14 heterocycles. The molecule has 5 amide bonds. The number of aliphatic hydroxyl groups excluding tert-OH is 1. The number of amides is 5. The highest BCUT2D eigenvalue weighted by atomic mass is 32.2. The third-order valence-electron chi connectivity index (χ3n) is 24.8. The van der Waals surface area contributed by atoms with Crippen molar-refractivity contribution in [1.29, 1.82) is 0 Å². The summed E-state index contributed by atoms with van der Waals surface area (Å²) in [6, 6.07) is 40.6. The number of sulfonamides is 3. The first kappa shape index (κ1) is 107. The molecule has 2 aromatic carbocycles. The van der Waals surface area contributed by atoms with Crippen molar-refractivity contribution >= 4 is 99.1 Å². The standard InChI is InChI=1S/C28H37F3N4O5S.C24H32N6O5S.C24H26N4O4S.C23H26N4O5S/c1-17(2)15-40-22-9-19(8-20(29)10-22)24-7-6-23(25(32-24)35-13-18(3)11-27(35,4)5)26(37)33-41(38,39)34-14-21(36)12-28(30,31)16-34;1-17-15-24(2,3)30(16-17)21-18(7-6-10-25-21)22(31)27-36(33,34)20-9-5-8-19(26-20)28-11-13-29(14-12-28)23(32)35-4;1-17-15-24(2,3)28(16-17)22-19(11-8-14-25-22)23(29)27-33(30,31)21-13-7-12-20(26-21)32-18-9-5-4-6-10-18;1-16-12-23(2,3)27(13-16)21-18(6-5-10-24-21)22(28)26-33(29,30)20-8-4-7-19(25-20)32-15-17-9-11-31-14-17/h6-10,17-18,21,36H,11-16H2,1-5H3,(H,33,37);5-10,17H,11-16H2,1-4H3,(H,27,31);4-14,17H,15-16H2,1-3H3,(H,27,29);4-11,14,16H,12-13,15H2,1-3H3,(H,26,28)/t18-,21?;;;/m0.../s1. The zero-order chi connectivity index (χ0) is 104. The number of pyridine rings is 7. The molecule has 5 atom stereocenters. The molecule has 766 valence electrons. The van der Waals surface area contributed by atoms with Gasteiger partial charge in [-0.05, 0) is 214 Å². The van der Waals surface area contributed by atoms with Crippen LogP contribution in [0.1, 0.15) is 176 Å². The van der Waals surface area contributed by atoms with Crippen molar-refractivity contribution in [1.82, 2.24) is 63.0 Å². The number of aromatic nitrogens is 7. The van der Waals surface area contributed by atoms with Crippen LogP contribution in [0.25, 0.3) is 11.3 Å². The number of hydrogen-bond donors (Lipinski definition) is 5. The first-order valence-electron chi connectivity index (χ1n) is 46.6. The second kappa shape index (κ2) is 44.0. The molecule has 37 nitrogen and oxygen atoms in total. The van der Waals surface area contributed by atoms with E-state index in [1.165, 1.54) is 80.3 Å². The van der Waals surface area contributed by atoms with Gasteiger partial charge in [0.2, 0.25) is 11.8 Å². The molecule has 0 saturated carbocycles. The summed E-state index contributed by atoms with van der Waals surface area (Å²) >= 11 is 0. The average Bonchev–Trinajstić information content (AvgIpc) is 1.72. The molecule has 4 unspecified atom stereocenters. The summed E-state index contributed by atoms with van der Waals surface area (Å²) in [6.45, 7) is 32.2. The molecule has 6 fully saturated rings. The summed E-state index contributed by atoms with van der Waals surface area (Å²) < 4.78 is 182. The number of rotatable bonds is 26. The van der Waals surface area contributed by atoms with Crippen LogP contribution >= 0.6 is 0 Å². The lowest BCUT2D eigenvalue weighted by Gasteiger charge is -2.35. The van der Waals surface area contributed by atoms with Gasteiger partial charge in [-0.25, -0.2) is 61.8 Å². The monoisotopic (exact) mass is 2050 g/mol. The zero-order valence-electron chi connectivity index (χ0n) is 82.2. The SMILES string of the molecule is CC(C)COc1cc(F)cc(-c2ccc(C(=O)NS(=O)(=O)N3CC(O)CC(F)(F)C3)c(N3C[C@@H](C)CC3(C)C)n2)c1.CC1CN(c2ncccc2C(=O)NS(=O)(=O)c2cccc(OCc3ccoc3)n2)C(C)(C)C1.CC1CN(c2ncccc2C(=O)NS(=O)(=O)c2cccc(Oc3ccccc3)n2)C(C)(C)C1.COC(=O)N1CCN(c2cccc(S(=O)(=O)NC(=O)c3cccnc3N3CC(C)CC3(C)C)n2)CC1. The number of piperidine rings is 1. The number of halogens is 3. The number of alkyl halides is 2. The molecular formula is C99H121F3N18O19S4. The van der Waals surface area contributed by atoms with Crippen molar-refractivity contribution in [3.63, 3.8) is 0 Å². The normalized spacial score (nSPS) is 19.6. The number of para-hydroxylation sites is 1. The lowest BCUT2D eigenvalue weighted by molar-refractivity contribution is -0.0869. The van der Waals surface area contributed by atoms with Gasteiger partial charge in [0.25, 0.3) is 59.6 Å². The molecule has 6 aliphatic heterocycles. The number of hydrogen-bond acceptors (Lipinski definition) is 31. The van der Waals surface area contributed by atoms with E-state index in [1.54, 1.807) is 114 Å². The maximum absolute atomic E-state index is 14.5. The third kappa shape index (κ3) is 26.8. The van der Waals surface area contributed by atoms with Gasteiger partial charge in [0.05, 0.1) is 66.8 Å². The predicted octanol–water partition coefficient (Wildman–Crippen LogP) is 13.7. The molecule has 8 aromatic heterocycles. The van der Waals surface area contributed by atoms with Gasteiger partial charge in [0, 0.05) is 135 Å². The fourth-order valence-electron chi connectivity index (χ4n) is 18.7. The molecule has 0 radical (unpaired) electrons. The van der Waals surface area contributed by atoms with Gasteiger partial charge in [-0.15, -0.1) is 0 Å². The van der Waals surface area contributed by atoms with Gasteiger partial charge in [-0.2, -0.15) is 47.9 Å². The number of β-amino-alcohol motifs (C(OH)–C–C–N with tert-alkyl or cyclic N) is 1. The molecule has 5 N–H and O–H groups in total. The first-order chi connectivity index (χ1) is 67.3. The van der Waals surface area contributed by atoms with E-state index in [9.17, 15) is 75.9 Å². The van der Waals surface area contributed by atoms with Crippen molar-refractivity contribution in [3.8, 4) is 34.5 Å². The van der Waals surface area contributed by atoms with Crippen LogP contribution in [-0.2, 0) is 51.6 Å². The number of anilines is 5. The number of methoxy groups -OCH3 is 1. The highest BCUT2D eigenvalue weighted by Gasteiger charge is 2.48. The number of carbonyl (C=O) groups excluding carboxylic acids is 5. The highest BCUT2D eigenvalue weighted by Crippen LogP contribution is 2.44. The van der Waals surface area contributed by atoms with Crippen molar-refractivity contribution in [2.75, 3.05) is 104 Å². The lowest BCUT2D eigenvalue weighted by atomic mass is 9.97. The Morgan fingerprint density at radius 2 is 0.930 bits per heavy atom. The van der Waals surface area contributed by atoms with E-state index in [-0.39, 0.29) is 90.0 Å². The van der Waals surface area contributed by atoms with E-state index in [2.05, 4.69) is 121 Å². The predicted molar refractivity (Wildman–Crippen MR) is 529 cm³/mol. The van der Waals surface area contributed by atoms with E-state index >= 15 is 0 Å². The van der Waals surface area contributed by atoms with E-state index in [1.807, 2.05) is 55.2 Å². The molecule has 143 heavy (non-hydrogen) atoms. The van der Waals surface area contributed by atoms with Gasteiger partial charge < -0.3 is 57.9 Å². The van der Waals surface area contributed by atoms with Crippen LogP contribution in [0, 0.1) is 35.4 Å². The smallest absolute Gasteiger partial charge is 0.409 e. The molecule has 0 spiro atoms. The molecule has 0 bridgehead atoms. The Balaban J connectivity index is 0.000000161. The van der Waals surface area contributed by atoms with Crippen LogP contribution in [0.15, 0.2) is 208 Å². The largest absolute Gasteiger partial charge is 0.493 e. The van der Waals surface area contributed by atoms with Crippen LogP contribution < -0.4 is 57.6 Å². The number of piperazine rings is 1. The average molecular weight is 2050 g/mol.